The summed E-state index contributed by atoms with van der Waals surface area (Å²) in [5.41, 5.74) is 2.11. The summed E-state index contributed by atoms with van der Waals surface area (Å²) in [6.45, 7) is 2.14. The van der Waals surface area contributed by atoms with Crippen LogP contribution >= 0.6 is 0 Å². The molecule has 1 fully saturated rings. The normalized spacial score (nSPS) is 15.1. The van der Waals surface area contributed by atoms with Crippen LogP contribution in [0.15, 0.2) is 18.6 Å². The third kappa shape index (κ3) is 1.77. The van der Waals surface area contributed by atoms with Gasteiger partial charge in [0.1, 0.15) is 0 Å². The first kappa shape index (κ1) is 10.3. The van der Waals surface area contributed by atoms with E-state index in [0.29, 0.717) is 18.2 Å². The number of hydrogen-bond donors (Lipinski definition) is 0. The van der Waals surface area contributed by atoms with E-state index in [1.807, 2.05) is 4.40 Å². The van der Waals surface area contributed by atoms with Crippen molar-refractivity contribution in [2.45, 2.75) is 25.7 Å². The predicted octanol–water partition coefficient (Wildman–Crippen LogP) is 1.78. The maximum atomic E-state index is 11.6. The smallest absolute Gasteiger partial charge is 0.358 e. The van der Waals surface area contributed by atoms with Crippen LogP contribution in [-0.4, -0.2) is 26.9 Å². The molecule has 5 nitrogen and oxygen atoms in total. The summed E-state index contributed by atoms with van der Waals surface area (Å²) in [6, 6.07) is 0. The van der Waals surface area contributed by atoms with Crippen LogP contribution < -0.4 is 0 Å². The van der Waals surface area contributed by atoms with Gasteiger partial charge in [0.25, 0.3) is 0 Å². The molecule has 0 amide bonds. The average Bonchev–Trinajstić information content (AvgIpc) is 3.07. The Morgan fingerprint density at radius 1 is 1.59 bits per heavy atom. The highest BCUT2D eigenvalue weighted by molar-refractivity contribution is 5.88. The zero-order valence-corrected chi connectivity index (χ0v) is 9.59. The average molecular weight is 231 g/mol. The maximum Gasteiger partial charge on any atom is 0.358 e. The number of hydrogen-bond acceptors (Lipinski definition) is 4. The van der Waals surface area contributed by atoms with Crippen LogP contribution in [0.3, 0.4) is 0 Å². The van der Waals surface area contributed by atoms with Crippen molar-refractivity contribution in [3.63, 3.8) is 0 Å². The molecule has 0 spiro atoms. The second-order valence-corrected chi connectivity index (χ2v) is 4.16. The van der Waals surface area contributed by atoms with Gasteiger partial charge in [-0.3, -0.25) is 4.98 Å². The Labute approximate surface area is 98.4 Å². The molecule has 0 atom stereocenters. The lowest BCUT2D eigenvalue weighted by Gasteiger charge is -1.98. The van der Waals surface area contributed by atoms with Gasteiger partial charge in [-0.25, -0.2) is 9.78 Å². The van der Waals surface area contributed by atoms with E-state index in [2.05, 4.69) is 9.97 Å². The fraction of sp³-hybridized carbons (Fsp3) is 0.417. The van der Waals surface area contributed by atoms with Crippen LogP contribution in [0, 0.1) is 0 Å². The molecular formula is C12H13N3O2. The van der Waals surface area contributed by atoms with Crippen molar-refractivity contribution < 1.29 is 9.53 Å². The molecule has 0 N–H and O–H groups in total. The SMILES string of the molecule is CCOC(=O)c1cn2ccnc(C3CC3)c2n1. The van der Waals surface area contributed by atoms with E-state index >= 15 is 0 Å². The number of ether oxygens (including phenoxy) is 1. The van der Waals surface area contributed by atoms with Gasteiger partial charge in [-0.2, -0.15) is 0 Å². The van der Waals surface area contributed by atoms with Gasteiger partial charge >= 0.3 is 5.97 Å². The summed E-state index contributed by atoms with van der Waals surface area (Å²) < 4.78 is 6.78. The lowest BCUT2D eigenvalue weighted by Crippen LogP contribution is -2.04. The highest BCUT2D eigenvalue weighted by Crippen LogP contribution is 2.40. The number of fused-ring (bicyclic) bond motifs is 1. The Hall–Kier alpha value is -1.91. The van der Waals surface area contributed by atoms with Gasteiger partial charge in [-0.15, -0.1) is 0 Å². The van der Waals surface area contributed by atoms with Crippen molar-refractivity contribution in [2.75, 3.05) is 6.61 Å². The highest BCUT2D eigenvalue weighted by atomic mass is 16.5. The highest BCUT2D eigenvalue weighted by Gasteiger charge is 2.28. The largest absolute Gasteiger partial charge is 0.461 e. The quantitative estimate of drug-likeness (QED) is 0.755. The second-order valence-electron chi connectivity index (χ2n) is 4.16. The van der Waals surface area contributed by atoms with Gasteiger partial charge in [0, 0.05) is 24.5 Å². The number of carbonyl (C=O) groups is 1. The molecule has 3 rings (SSSR count). The monoisotopic (exact) mass is 231 g/mol. The number of carbonyl (C=O) groups excluding carboxylic acids is 1. The van der Waals surface area contributed by atoms with E-state index in [0.717, 1.165) is 24.2 Å². The third-order valence-corrected chi connectivity index (χ3v) is 2.85. The number of imidazole rings is 1. The molecule has 1 aliphatic carbocycles. The van der Waals surface area contributed by atoms with Crippen LogP contribution in [-0.2, 0) is 4.74 Å². The van der Waals surface area contributed by atoms with E-state index in [9.17, 15) is 4.79 Å². The molecule has 1 aliphatic rings. The van der Waals surface area contributed by atoms with Gasteiger partial charge in [-0.1, -0.05) is 0 Å². The lowest BCUT2D eigenvalue weighted by atomic mass is 10.3. The van der Waals surface area contributed by atoms with Crippen LogP contribution in [0.25, 0.3) is 5.65 Å². The van der Waals surface area contributed by atoms with Crippen molar-refractivity contribution in [1.82, 2.24) is 14.4 Å². The maximum absolute atomic E-state index is 11.6. The van der Waals surface area contributed by atoms with E-state index < -0.39 is 0 Å². The first-order chi connectivity index (χ1) is 8.29. The van der Waals surface area contributed by atoms with Crippen molar-refractivity contribution >= 4 is 11.6 Å². The molecule has 0 aliphatic heterocycles. The summed E-state index contributed by atoms with van der Waals surface area (Å²) >= 11 is 0. The van der Waals surface area contributed by atoms with Gasteiger partial charge < -0.3 is 9.14 Å². The summed E-state index contributed by atoms with van der Waals surface area (Å²) in [4.78, 5) is 20.3. The Bertz CT molecular complexity index is 572. The molecule has 0 saturated heterocycles. The summed E-state index contributed by atoms with van der Waals surface area (Å²) in [5.74, 6) is 0.133. The minimum absolute atomic E-state index is 0.349. The Morgan fingerprint density at radius 3 is 3.12 bits per heavy atom. The van der Waals surface area contributed by atoms with Gasteiger partial charge in [0.15, 0.2) is 11.3 Å². The molecule has 88 valence electrons. The Balaban J connectivity index is 2.05. The fourth-order valence-electron chi connectivity index (χ4n) is 1.89. The first-order valence-electron chi connectivity index (χ1n) is 5.80. The third-order valence-electron chi connectivity index (χ3n) is 2.85. The van der Waals surface area contributed by atoms with Crippen LogP contribution in [0.2, 0.25) is 0 Å². The Morgan fingerprint density at radius 2 is 2.41 bits per heavy atom. The van der Waals surface area contributed by atoms with Crippen LogP contribution in [0.5, 0.6) is 0 Å². The summed E-state index contributed by atoms with van der Waals surface area (Å²) in [6.07, 6.45) is 7.57. The molecule has 0 unspecified atom stereocenters. The Kier molecular flexibility index (Phi) is 2.31. The van der Waals surface area contributed by atoms with E-state index in [1.165, 1.54) is 0 Å². The summed E-state index contributed by atoms with van der Waals surface area (Å²) in [7, 11) is 0. The number of rotatable bonds is 3. The topological polar surface area (TPSA) is 56.5 Å². The van der Waals surface area contributed by atoms with E-state index in [4.69, 9.17) is 4.74 Å². The molecule has 2 aromatic rings. The van der Waals surface area contributed by atoms with Gasteiger partial charge in [0.2, 0.25) is 0 Å². The number of aromatic nitrogens is 3. The van der Waals surface area contributed by atoms with E-state index in [1.54, 1.807) is 25.5 Å². The van der Waals surface area contributed by atoms with Gasteiger partial charge in [-0.05, 0) is 19.8 Å². The van der Waals surface area contributed by atoms with Crippen LogP contribution in [0.1, 0.15) is 41.9 Å². The van der Waals surface area contributed by atoms with Crippen molar-refractivity contribution in [3.05, 3.63) is 30.0 Å². The minimum Gasteiger partial charge on any atom is -0.461 e. The number of esters is 1. The van der Waals surface area contributed by atoms with Crippen molar-refractivity contribution in [3.8, 4) is 0 Å². The predicted molar refractivity (Wildman–Crippen MR) is 60.9 cm³/mol. The minimum atomic E-state index is -0.377. The lowest BCUT2D eigenvalue weighted by molar-refractivity contribution is 0.0520. The molecule has 1 saturated carbocycles. The molecule has 2 aromatic heterocycles. The van der Waals surface area contributed by atoms with E-state index in [-0.39, 0.29) is 5.97 Å². The zero-order valence-electron chi connectivity index (χ0n) is 9.59. The first-order valence-corrected chi connectivity index (χ1v) is 5.80. The number of nitrogens with zero attached hydrogens (tertiary/aromatic N) is 3. The zero-order chi connectivity index (χ0) is 11.8. The van der Waals surface area contributed by atoms with Crippen LogP contribution in [0.4, 0.5) is 0 Å². The molecule has 2 heterocycles. The molecule has 0 bridgehead atoms. The molecule has 5 heteroatoms. The van der Waals surface area contributed by atoms with Crippen molar-refractivity contribution in [2.24, 2.45) is 0 Å². The standard InChI is InChI=1S/C12H13N3O2/c1-2-17-12(16)9-7-15-6-5-13-10(8-3-4-8)11(15)14-9/h5-8H,2-4H2,1H3. The summed E-state index contributed by atoms with van der Waals surface area (Å²) in [5, 5.41) is 0. The molecule has 17 heavy (non-hydrogen) atoms. The second kappa shape index (κ2) is 3.84. The molecule has 0 aromatic carbocycles. The van der Waals surface area contributed by atoms with Crippen molar-refractivity contribution in [1.29, 1.82) is 0 Å². The molecular weight excluding hydrogens is 218 g/mol. The fourth-order valence-corrected chi connectivity index (χ4v) is 1.89. The van der Waals surface area contributed by atoms with Gasteiger partial charge in [0.05, 0.1) is 12.3 Å². The molecule has 0 radical (unpaired) electrons.